The Labute approximate surface area is 117 Å². The van der Waals surface area contributed by atoms with Crippen LogP contribution in [0.3, 0.4) is 0 Å². The first-order valence-electron chi connectivity index (χ1n) is 5.43. The average molecular weight is 346 g/mol. The molecule has 0 amide bonds. The zero-order valence-electron chi connectivity index (χ0n) is 9.77. The number of pyridine rings is 1. The summed E-state index contributed by atoms with van der Waals surface area (Å²) in [5.74, 6) is 0.197. The fourth-order valence-electron chi connectivity index (χ4n) is 1.59. The molecule has 1 aromatic heterocycles. The quantitative estimate of drug-likeness (QED) is 0.739. The second-order valence-corrected chi connectivity index (χ2v) is 4.99. The van der Waals surface area contributed by atoms with Gasteiger partial charge in [0.15, 0.2) is 0 Å². The summed E-state index contributed by atoms with van der Waals surface area (Å²) in [7, 11) is 0. The van der Waals surface area contributed by atoms with E-state index in [4.69, 9.17) is 11.6 Å². The Morgan fingerprint density at radius 3 is 2.56 bits per heavy atom. The highest BCUT2D eigenvalue weighted by molar-refractivity contribution is 9.10. The molecule has 18 heavy (non-hydrogen) atoms. The highest BCUT2D eigenvalue weighted by Gasteiger charge is 2.36. The lowest BCUT2D eigenvalue weighted by Gasteiger charge is -2.25. The maximum Gasteiger partial charge on any atom is 0.419 e. The fourth-order valence-corrected chi connectivity index (χ4v) is 2.12. The molecule has 0 aromatic carbocycles. The van der Waals surface area contributed by atoms with E-state index in [0.717, 1.165) is 12.5 Å². The van der Waals surface area contributed by atoms with Crippen molar-refractivity contribution in [3.63, 3.8) is 0 Å². The van der Waals surface area contributed by atoms with E-state index in [1.54, 1.807) is 4.90 Å². The number of hydrogen-bond acceptors (Lipinski definition) is 2. The number of hydrogen-bond donors (Lipinski definition) is 0. The zero-order chi connectivity index (χ0) is 13.8. The van der Waals surface area contributed by atoms with Crippen molar-refractivity contribution in [1.82, 2.24) is 4.98 Å². The molecule has 0 bridgehead atoms. The van der Waals surface area contributed by atoms with Crippen molar-refractivity contribution in [2.24, 2.45) is 0 Å². The van der Waals surface area contributed by atoms with Gasteiger partial charge in [0.25, 0.3) is 0 Å². The van der Waals surface area contributed by atoms with Crippen molar-refractivity contribution in [2.45, 2.75) is 19.5 Å². The number of rotatable bonds is 5. The van der Waals surface area contributed by atoms with Crippen LogP contribution in [0.15, 0.2) is 16.7 Å². The summed E-state index contributed by atoms with van der Waals surface area (Å²) in [5, 5.41) is 0. The maximum atomic E-state index is 12.9. The third-order valence-electron chi connectivity index (χ3n) is 2.29. The van der Waals surface area contributed by atoms with Crippen molar-refractivity contribution in [2.75, 3.05) is 23.9 Å². The molecule has 1 aromatic rings. The molecular formula is C11H13BrClF3N2. The van der Waals surface area contributed by atoms with Gasteiger partial charge in [0.1, 0.15) is 5.82 Å². The summed E-state index contributed by atoms with van der Waals surface area (Å²) < 4.78 is 39.2. The fraction of sp³-hybridized carbons (Fsp3) is 0.545. The normalized spacial score (nSPS) is 11.7. The van der Waals surface area contributed by atoms with Gasteiger partial charge in [0.05, 0.1) is 5.56 Å². The molecule has 0 aliphatic carbocycles. The lowest BCUT2D eigenvalue weighted by atomic mass is 10.2. The molecule has 102 valence electrons. The third-order valence-corrected chi connectivity index (χ3v) is 2.89. The van der Waals surface area contributed by atoms with Crippen molar-refractivity contribution < 1.29 is 13.2 Å². The Bertz CT molecular complexity index is 392. The zero-order valence-corrected chi connectivity index (χ0v) is 12.1. The van der Waals surface area contributed by atoms with Gasteiger partial charge in [0, 0.05) is 29.6 Å². The minimum Gasteiger partial charge on any atom is -0.355 e. The Balaban J connectivity index is 3.20. The van der Waals surface area contributed by atoms with Crippen LogP contribution in [0.2, 0.25) is 0 Å². The lowest BCUT2D eigenvalue weighted by Crippen LogP contribution is -2.29. The van der Waals surface area contributed by atoms with Gasteiger partial charge in [-0.25, -0.2) is 4.98 Å². The molecule has 2 nitrogen and oxygen atoms in total. The van der Waals surface area contributed by atoms with Crippen LogP contribution in [-0.2, 0) is 6.18 Å². The van der Waals surface area contributed by atoms with Crippen LogP contribution in [0.1, 0.15) is 18.9 Å². The predicted molar refractivity (Wildman–Crippen MR) is 70.2 cm³/mol. The summed E-state index contributed by atoms with van der Waals surface area (Å²) >= 11 is 8.63. The van der Waals surface area contributed by atoms with Crippen LogP contribution in [0.4, 0.5) is 19.0 Å². The molecule has 0 unspecified atom stereocenters. The molecule has 0 fully saturated rings. The van der Waals surface area contributed by atoms with E-state index >= 15 is 0 Å². The molecule has 0 saturated heterocycles. The van der Waals surface area contributed by atoms with Crippen LogP contribution in [0.5, 0.6) is 0 Å². The summed E-state index contributed by atoms with van der Waals surface area (Å²) in [6.07, 6.45) is -2.34. The molecule has 0 radical (unpaired) electrons. The Kier molecular flexibility index (Phi) is 5.72. The second kappa shape index (κ2) is 6.61. The molecule has 1 heterocycles. The topological polar surface area (TPSA) is 16.1 Å². The highest BCUT2D eigenvalue weighted by Crippen LogP contribution is 2.36. The van der Waals surface area contributed by atoms with Crippen LogP contribution in [0, 0.1) is 0 Å². The third kappa shape index (κ3) is 4.02. The second-order valence-electron chi connectivity index (χ2n) is 3.70. The van der Waals surface area contributed by atoms with Gasteiger partial charge in [-0.05, 0) is 28.4 Å². The van der Waals surface area contributed by atoms with Crippen LogP contribution in [-0.4, -0.2) is 24.0 Å². The van der Waals surface area contributed by atoms with E-state index in [0.29, 0.717) is 17.6 Å². The molecule has 1 rings (SSSR count). The minimum atomic E-state index is -4.43. The first kappa shape index (κ1) is 15.6. The first-order chi connectivity index (χ1) is 8.40. The Morgan fingerprint density at radius 2 is 2.06 bits per heavy atom. The summed E-state index contributed by atoms with van der Waals surface area (Å²) in [4.78, 5) is 5.44. The van der Waals surface area contributed by atoms with E-state index in [2.05, 4.69) is 20.9 Å². The van der Waals surface area contributed by atoms with Gasteiger partial charge in [-0.15, -0.1) is 11.6 Å². The number of anilines is 1. The van der Waals surface area contributed by atoms with Gasteiger partial charge in [-0.2, -0.15) is 13.2 Å². The van der Waals surface area contributed by atoms with Crippen molar-refractivity contribution in [1.29, 1.82) is 0 Å². The molecule has 0 spiro atoms. The van der Waals surface area contributed by atoms with E-state index in [1.807, 2.05) is 6.92 Å². The first-order valence-corrected chi connectivity index (χ1v) is 6.76. The number of aromatic nitrogens is 1. The average Bonchev–Trinajstić information content (AvgIpc) is 2.27. The molecule has 7 heteroatoms. The Hall–Kier alpha value is -0.490. The number of alkyl halides is 4. The van der Waals surface area contributed by atoms with Gasteiger partial charge in [-0.1, -0.05) is 6.92 Å². The molecule has 0 aliphatic rings. The predicted octanol–water partition coefficient (Wildman–Crippen LogP) is 4.32. The largest absolute Gasteiger partial charge is 0.419 e. The minimum absolute atomic E-state index is 0.0619. The van der Waals surface area contributed by atoms with E-state index < -0.39 is 11.7 Å². The van der Waals surface area contributed by atoms with Crippen LogP contribution < -0.4 is 4.90 Å². The van der Waals surface area contributed by atoms with E-state index in [9.17, 15) is 13.2 Å². The van der Waals surface area contributed by atoms with E-state index in [1.165, 1.54) is 6.20 Å². The van der Waals surface area contributed by atoms with Crippen LogP contribution in [0.25, 0.3) is 0 Å². The molecular weight excluding hydrogens is 332 g/mol. The van der Waals surface area contributed by atoms with Crippen molar-refractivity contribution in [3.8, 4) is 0 Å². The van der Waals surface area contributed by atoms with E-state index in [-0.39, 0.29) is 11.7 Å². The Morgan fingerprint density at radius 1 is 1.39 bits per heavy atom. The number of nitrogens with zero attached hydrogens (tertiary/aromatic N) is 2. The lowest BCUT2D eigenvalue weighted by molar-refractivity contribution is -0.137. The summed E-state index contributed by atoms with van der Waals surface area (Å²) in [5.41, 5.74) is -0.740. The number of halogens is 5. The smallest absolute Gasteiger partial charge is 0.355 e. The van der Waals surface area contributed by atoms with Gasteiger partial charge >= 0.3 is 6.18 Å². The van der Waals surface area contributed by atoms with Crippen molar-refractivity contribution >= 4 is 33.3 Å². The summed E-state index contributed by atoms with van der Waals surface area (Å²) in [6.45, 7) is 2.73. The molecule has 0 saturated carbocycles. The highest BCUT2D eigenvalue weighted by atomic mass is 79.9. The SMILES string of the molecule is CCCN(CCCl)c1ncc(Br)cc1C(F)(F)F. The van der Waals surface area contributed by atoms with Gasteiger partial charge in [-0.3, -0.25) is 0 Å². The summed E-state index contributed by atoms with van der Waals surface area (Å²) in [6, 6.07) is 1.04. The van der Waals surface area contributed by atoms with Gasteiger partial charge < -0.3 is 4.90 Å². The molecule has 0 atom stereocenters. The van der Waals surface area contributed by atoms with Gasteiger partial charge in [0.2, 0.25) is 0 Å². The van der Waals surface area contributed by atoms with Crippen LogP contribution >= 0.6 is 27.5 Å². The monoisotopic (exact) mass is 344 g/mol. The van der Waals surface area contributed by atoms with Crippen molar-refractivity contribution in [3.05, 3.63) is 22.3 Å². The maximum absolute atomic E-state index is 12.9. The molecule has 0 aliphatic heterocycles. The molecule has 0 N–H and O–H groups in total. The standard InChI is InChI=1S/C11H13BrClF3N2/c1-2-4-18(5-3-13)10-9(11(14,15)16)6-8(12)7-17-10/h6-7H,2-5H2,1H3.